The Kier molecular flexibility index (Phi) is 2.62. The Morgan fingerprint density at radius 2 is 2.30 bits per heavy atom. The Morgan fingerprint density at radius 3 is 3.05 bits per heavy atom. The first-order valence-corrected chi connectivity index (χ1v) is 7.92. The molecule has 3 heterocycles. The molecule has 2 bridgehead atoms. The average molecular weight is 277 g/mol. The SMILES string of the molecule is C[C@@H]1C[C@]23C4=CC1CN2CCC[C@@H]3[C@H](O)C[C@@H]4C(=O)O. The molecule has 0 amide bonds. The Balaban J connectivity index is 1.88. The fourth-order valence-corrected chi connectivity index (χ4v) is 5.59. The van der Waals surface area contributed by atoms with Gasteiger partial charge in [0.1, 0.15) is 0 Å². The van der Waals surface area contributed by atoms with Crippen molar-refractivity contribution in [1.29, 1.82) is 0 Å². The van der Waals surface area contributed by atoms with Crippen LogP contribution in [0.1, 0.15) is 32.6 Å². The van der Waals surface area contributed by atoms with Crippen LogP contribution < -0.4 is 0 Å². The molecule has 0 aromatic carbocycles. The van der Waals surface area contributed by atoms with E-state index in [0.29, 0.717) is 18.3 Å². The summed E-state index contributed by atoms with van der Waals surface area (Å²) in [6.07, 6.45) is 5.43. The van der Waals surface area contributed by atoms with Crippen molar-refractivity contribution in [3.8, 4) is 0 Å². The quantitative estimate of drug-likeness (QED) is 0.713. The van der Waals surface area contributed by atoms with Gasteiger partial charge in [0.15, 0.2) is 0 Å². The van der Waals surface area contributed by atoms with Gasteiger partial charge in [-0.25, -0.2) is 0 Å². The number of aliphatic hydroxyl groups is 1. The predicted octanol–water partition coefficient (Wildman–Crippen LogP) is 1.50. The molecule has 110 valence electrons. The van der Waals surface area contributed by atoms with Gasteiger partial charge in [0.05, 0.1) is 12.0 Å². The van der Waals surface area contributed by atoms with Crippen LogP contribution in [0.2, 0.25) is 0 Å². The molecule has 5 aliphatic rings. The minimum absolute atomic E-state index is 0.146. The first-order valence-electron chi connectivity index (χ1n) is 7.92. The van der Waals surface area contributed by atoms with E-state index in [1.807, 2.05) is 0 Å². The van der Waals surface area contributed by atoms with E-state index in [4.69, 9.17) is 0 Å². The summed E-state index contributed by atoms with van der Waals surface area (Å²) in [5.74, 6) is 0.117. The third-order valence-electron chi connectivity index (χ3n) is 6.42. The molecule has 20 heavy (non-hydrogen) atoms. The van der Waals surface area contributed by atoms with Crippen LogP contribution in [0.5, 0.6) is 0 Å². The maximum Gasteiger partial charge on any atom is 0.310 e. The molecular formula is C16H23NO3. The van der Waals surface area contributed by atoms with E-state index in [1.54, 1.807) is 0 Å². The molecule has 2 saturated heterocycles. The Bertz CT molecular complexity index is 488. The van der Waals surface area contributed by atoms with E-state index in [2.05, 4.69) is 17.9 Å². The van der Waals surface area contributed by atoms with Gasteiger partial charge in [0, 0.05) is 18.0 Å². The highest BCUT2D eigenvalue weighted by molar-refractivity contribution is 5.75. The smallest absolute Gasteiger partial charge is 0.310 e. The molecular weight excluding hydrogens is 254 g/mol. The van der Waals surface area contributed by atoms with Gasteiger partial charge >= 0.3 is 5.97 Å². The molecule has 3 aliphatic heterocycles. The number of nitrogens with zero attached hydrogens (tertiary/aromatic N) is 1. The normalized spacial score (nSPS) is 50.5. The largest absolute Gasteiger partial charge is 0.481 e. The van der Waals surface area contributed by atoms with Gasteiger partial charge < -0.3 is 10.2 Å². The Morgan fingerprint density at radius 1 is 1.50 bits per heavy atom. The monoisotopic (exact) mass is 277 g/mol. The fraction of sp³-hybridized carbons (Fsp3) is 0.812. The van der Waals surface area contributed by atoms with Gasteiger partial charge in [-0.2, -0.15) is 0 Å². The number of carboxylic acid groups (broad SMARTS) is 1. The van der Waals surface area contributed by atoms with Crippen LogP contribution in [-0.4, -0.2) is 45.8 Å². The van der Waals surface area contributed by atoms with Gasteiger partial charge in [-0.3, -0.25) is 9.69 Å². The first kappa shape index (κ1) is 12.8. The summed E-state index contributed by atoms with van der Waals surface area (Å²) in [4.78, 5) is 14.2. The number of fused-ring (bicyclic) bond motifs is 1. The highest BCUT2D eigenvalue weighted by Gasteiger charge is 2.62. The van der Waals surface area contributed by atoms with Crippen LogP contribution in [0, 0.1) is 23.7 Å². The Labute approximate surface area is 119 Å². The van der Waals surface area contributed by atoms with Crippen molar-refractivity contribution in [2.75, 3.05) is 13.1 Å². The topological polar surface area (TPSA) is 60.8 Å². The van der Waals surface area contributed by atoms with Crippen molar-refractivity contribution in [3.63, 3.8) is 0 Å². The van der Waals surface area contributed by atoms with Crippen molar-refractivity contribution >= 4 is 5.97 Å². The molecule has 2 aliphatic carbocycles. The first-order chi connectivity index (χ1) is 9.54. The zero-order chi connectivity index (χ0) is 14.1. The number of hydrogen-bond acceptors (Lipinski definition) is 3. The molecule has 1 spiro atoms. The van der Waals surface area contributed by atoms with Crippen molar-refractivity contribution < 1.29 is 15.0 Å². The molecule has 2 N–H and O–H groups in total. The summed E-state index contributed by atoms with van der Waals surface area (Å²) in [6.45, 7) is 4.41. The van der Waals surface area contributed by atoms with Crippen LogP contribution in [-0.2, 0) is 4.79 Å². The number of rotatable bonds is 1. The number of piperidine rings is 2. The molecule has 1 saturated carbocycles. The second-order valence-electron chi connectivity index (χ2n) is 7.28. The standard InChI is InChI=1S/C16H23NO3/c1-9-7-16-12-3-2-4-17(16)8-10(9)5-13(16)11(15(19)20)6-14(12)18/h5,9-12,14,18H,2-4,6-8H2,1H3,(H,19,20)/t9-,10?,11+,12-,14-,16+/m1/s1. The van der Waals surface area contributed by atoms with Crippen LogP contribution in [0.4, 0.5) is 0 Å². The van der Waals surface area contributed by atoms with E-state index in [0.717, 1.165) is 37.9 Å². The molecule has 5 rings (SSSR count). The number of aliphatic carboxylic acids is 1. The summed E-state index contributed by atoms with van der Waals surface area (Å²) in [5, 5.41) is 20.1. The molecule has 4 nitrogen and oxygen atoms in total. The van der Waals surface area contributed by atoms with E-state index >= 15 is 0 Å². The second kappa shape index (κ2) is 4.08. The predicted molar refractivity (Wildman–Crippen MR) is 74.1 cm³/mol. The lowest BCUT2D eigenvalue weighted by Gasteiger charge is -2.65. The number of aliphatic hydroxyl groups excluding tert-OH is 1. The maximum atomic E-state index is 11.7. The molecule has 0 aromatic heterocycles. The highest BCUT2D eigenvalue weighted by Crippen LogP contribution is 2.58. The van der Waals surface area contributed by atoms with Crippen LogP contribution in [0.3, 0.4) is 0 Å². The molecule has 6 atom stereocenters. The van der Waals surface area contributed by atoms with Crippen LogP contribution >= 0.6 is 0 Å². The lowest BCUT2D eigenvalue weighted by Crippen LogP contribution is -2.71. The summed E-state index contributed by atoms with van der Waals surface area (Å²) >= 11 is 0. The molecule has 0 aromatic rings. The summed E-state index contributed by atoms with van der Waals surface area (Å²) < 4.78 is 0. The minimum atomic E-state index is -0.756. The second-order valence-corrected chi connectivity index (χ2v) is 7.28. The van der Waals surface area contributed by atoms with E-state index < -0.39 is 18.0 Å². The van der Waals surface area contributed by atoms with Crippen molar-refractivity contribution in [3.05, 3.63) is 11.6 Å². The van der Waals surface area contributed by atoms with Gasteiger partial charge in [0.2, 0.25) is 0 Å². The van der Waals surface area contributed by atoms with Gasteiger partial charge in [0.25, 0.3) is 0 Å². The highest BCUT2D eigenvalue weighted by atomic mass is 16.4. The van der Waals surface area contributed by atoms with E-state index in [1.165, 1.54) is 0 Å². The molecule has 0 radical (unpaired) electrons. The van der Waals surface area contributed by atoms with Crippen molar-refractivity contribution in [1.82, 2.24) is 4.90 Å². The summed E-state index contributed by atoms with van der Waals surface area (Å²) in [5.41, 5.74) is 0.988. The maximum absolute atomic E-state index is 11.7. The molecule has 1 unspecified atom stereocenters. The lowest BCUT2D eigenvalue weighted by atomic mass is 9.51. The van der Waals surface area contributed by atoms with E-state index in [-0.39, 0.29) is 11.5 Å². The summed E-state index contributed by atoms with van der Waals surface area (Å²) in [7, 11) is 0. The average Bonchev–Trinajstić information content (AvgIpc) is 2.41. The molecule has 3 fully saturated rings. The minimum Gasteiger partial charge on any atom is -0.481 e. The van der Waals surface area contributed by atoms with Crippen molar-refractivity contribution in [2.24, 2.45) is 23.7 Å². The Hall–Kier alpha value is -0.870. The number of hydrogen-bond donors (Lipinski definition) is 2. The zero-order valence-corrected chi connectivity index (χ0v) is 12.0. The van der Waals surface area contributed by atoms with E-state index in [9.17, 15) is 15.0 Å². The van der Waals surface area contributed by atoms with Crippen LogP contribution in [0.15, 0.2) is 11.6 Å². The number of carbonyl (C=O) groups is 1. The van der Waals surface area contributed by atoms with Crippen molar-refractivity contribution in [2.45, 2.75) is 44.2 Å². The zero-order valence-electron chi connectivity index (χ0n) is 12.0. The summed E-state index contributed by atoms with van der Waals surface area (Å²) in [6, 6.07) is 0. The van der Waals surface area contributed by atoms with Crippen LogP contribution in [0.25, 0.3) is 0 Å². The van der Waals surface area contributed by atoms with Gasteiger partial charge in [-0.05, 0) is 49.6 Å². The molecule has 4 heteroatoms. The fourth-order valence-electron chi connectivity index (χ4n) is 5.59. The number of carboxylic acids is 1. The third-order valence-corrected chi connectivity index (χ3v) is 6.42. The van der Waals surface area contributed by atoms with Gasteiger partial charge in [-0.1, -0.05) is 13.0 Å². The third kappa shape index (κ3) is 1.41. The van der Waals surface area contributed by atoms with Gasteiger partial charge in [-0.15, -0.1) is 0 Å². The lowest BCUT2D eigenvalue weighted by molar-refractivity contribution is -0.154.